The van der Waals surface area contributed by atoms with Crippen molar-refractivity contribution >= 4 is 52.8 Å². The molecule has 0 spiro atoms. The SMILES string of the molecule is CCCCCCCCCCCC(=O)N(CC)C(CCCN=C(N)N)C(=O)O.CCCCCCCCCCCCCCCCCC(=O)[O-].CCCCCCCCCCCCCCCCCC(=O)[O-].OCC(O)CO.[Mg+2]. The quantitative estimate of drug-likeness (QED) is 0.0144. The van der Waals surface area contributed by atoms with Gasteiger partial charge in [-0.3, -0.25) is 9.79 Å². The van der Waals surface area contributed by atoms with Crippen molar-refractivity contribution in [2.24, 2.45) is 16.5 Å². The number of rotatable bonds is 51. The van der Waals surface area contributed by atoms with Crippen LogP contribution in [0, 0.1) is 0 Å². The van der Waals surface area contributed by atoms with Gasteiger partial charge in [0.25, 0.3) is 0 Å². The summed E-state index contributed by atoms with van der Waals surface area (Å²) in [6, 6.07) is -0.810. The number of nitrogens with zero attached hydrogens (tertiary/aromatic N) is 2. The Morgan fingerprint density at radius 2 is 0.703 bits per heavy atom. The summed E-state index contributed by atoms with van der Waals surface area (Å²) in [4.78, 5) is 49.8. The number of likely N-dealkylation sites (N-methyl/N-ethyl adjacent to an activating group) is 1. The van der Waals surface area contributed by atoms with Crippen molar-refractivity contribution in [2.75, 3.05) is 26.3 Å². The molecular formula is C59H118MgN4O10. The van der Waals surface area contributed by atoms with Gasteiger partial charge < -0.3 is 56.6 Å². The maximum atomic E-state index is 12.5. The number of hydrogen-bond donors (Lipinski definition) is 6. The second-order valence-electron chi connectivity index (χ2n) is 20.2. The van der Waals surface area contributed by atoms with Gasteiger partial charge in [-0.25, -0.2) is 4.79 Å². The minimum atomic E-state index is -0.970. The number of aliphatic imine (C=N–C) groups is 1. The van der Waals surface area contributed by atoms with E-state index in [1.807, 2.05) is 6.92 Å². The van der Waals surface area contributed by atoms with Gasteiger partial charge >= 0.3 is 29.0 Å². The number of nitrogens with two attached hydrogens (primary N) is 2. The number of guanidine groups is 1. The van der Waals surface area contributed by atoms with Gasteiger partial charge in [0.1, 0.15) is 12.1 Å². The molecule has 0 saturated heterocycles. The van der Waals surface area contributed by atoms with Gasteiger partial charge in [-0.15, -0.1) is 0 Å². The third-order valence-corrected chi connectivity index (χ3v) is 13.1. The van der Waals surface area contributed by atoms with Gasteiger partial charge in [0.2, 0.25) is 5.91 Å². The van der Waals surface area contributed by atoms with Gasteiger partial charge in [-0.2, -0.15) is 0 Å². The molecule has 8 N–H and O–H groups in total. The number of aliphatic hydroxyl groups excluding tert-OH is 3. The Hall–Kier alpha value is -2.20. The topological polar surface area (TPSA) is 263 Å². The molecule has 0 aliphatic heterocycles. The van der Waals surface area contributed by atoms with Crippen molar-refractivity contribution in [2.45, 2.75) is 322 Å². The van der Waals surface area contributed by atoms with E-state index in [9.17, 15) is 34.5 Å². The van der Waals surface area contributed by atoms with Crippen molar-refractivity contribution in [1.82, 2.24) is 4.90 Å². The van der Waals surface area contributed by atoms with Gasteiger partial charge in [-0.1, -0.05) is 252 Å². The molecule has 0 aromatic carbocycles. The van der Waals surface area contributed by atoms with Crippen molar-refractivity contribution in [3.63, 3.8) is 0 Å². The fraction of sp³-hybridized carbons (Fsp3) is 0.915. The summed E-state index contributed by atoms with van der Waals surface area (Å²) >= 11 is 0. The maximum absolute atomic E-state index is 12.5. The average molecular weight is 1070 g/mol. The van der Waals surface area contributed by atoms with Gasteiger partial charge in [0.15, 0.2) is 5.96 Å². The van der Waals surface area contributed by atoms with Gasteiger partial charge in [-0.05, 0) is 51.9 Å². The molecule has 0 bridgehead atoms. The number of aliphatic hydroxyl groups is 3. The Morgan fingerprint density at radius 3 is 0.905 bits per heavy atom. The Balaban J connectivity index is -0.000000306. The Bertz CT molecular complexity index is 1150. The zero-order chi connectivity index (χ0) is 55.3. The van der Waals surface area contributed by atoms with E-state index in [1.54, 1.807) is 0 Å². The predicted molar refractivity (Wildman–Crippen MR) is 306 cm³/mol. The first-order valence-corrected chi connectivity index (χ1v) is 30.2. The number of amides is 1. The maximum Gasteiger partial charge on any atom is 2.00 e. The van der Waals surface area contributed by atoms with Crippen molar-refractivity contribution in [3.05, 3.63) is 0 Å². The molecule has 1 unspecified atom stereocenters. The summed E-state index contributed by atoms with van der Waals surface area (Å²) in [6.45, 7) is 8.61. The van der Waals surface area contributed by atoms with E-state index in [1.165, 1.54) is 210 Å². The fourth-order valence-corrected chi connectivity index (χ4v) is 8.55. The molecule has 0 aromatic heterocycles. The van der Waals surface area contributed by atoms with Gasteiger partial charge in [0.05, 0.1) is 13.2 Å². The van der Waals surface area contributed by atoms with Crippen LogP contribution in [0.1, 0.15) is 310 Å². The zero-order valence-corrected chi connectivity index (χ0v) is 50.0. The first-order chi connectivity index (χ1) is 35.3. The van der Waals surface area contributed by atoms with Crippen molar-refractivity contribution < 1.29 is 49.8 Å². The summed E-state index contributed by atoms with van der Waals surface area (Å²) in [7, 11) is 0. The van der Waals surface area contributed by atoms with Crippen LogP contribution in [0.5, 0.6) is 0 Å². The molecule has 0 heterocycles. The normalized spacial score (nSPS) is 11.0. The predicted octanol–water partition coefficient (Wildman–Crippen LogP) is 11.2. The first-order valence-electron chi connectivity index (χ1n) is 30.2. The van der Waals surface area contributed by atoms with Crippen LogP contribution in [0.25, 0.3) is 0 Å². The van der Waals surface area contributed by atoms with Crippen LogP contribution in [0.2, 0.25) is 0 Å². The van der Waals surface area contributed by atoms with Crippen LogP contribution in [0.4, 0.5) is 0 Å². The Kier molecular flexibility index (Phi) is 75.0. The number of carboxylic acids is 3. The third kappa shape index (κ3) is 71.9. The molecule has 1 atom stereocenters. The van der Waals surface area contributed by atoms with E-state index in [-0.39, 0.29) is 61.0 Å². The summed E-state index contributed by atoms with van der Waals surface area (Å²) in [5.41, 5.74) is 10.5. The standard InChI is InChI=1S/C20H40N4O3.2C18H36O2.C3H8O3.Mg/c1-3-5-6-7-8-9-10-11-12-15-18(25)24(4-2)17(19(26)27)14-13-16-23-20(21)22;2*1-2-3-4-5-6-7-8-9-10-11-12-13-14-15-16-17-18(19)20;4-1-3(6)2-5;/h17H,3-16H2,1-2H3,(H,26,27)(H4,21,22,23);2*2-17H2,1H3,(H,19,20);3-6H,1-2H2;/q;;;;+2/p-2. The second-order valence-corrected chi connectivity index (χ2v) is 20.2. The minimum absolute atomic E-state index is 0. The smallest absolute Gasteiger partial charge is 0.550 e. The molecular weight excluding hydrogens is 949 g/mol. The van der Waals surface area contributed by atoms with Crippen LogP contribution in [0.15, 0.2) is 4.99 Å². The number of carboxylic acid groups (broad SMARTS) is 3. The number of aliphatic carboxylic acids is 3. The molecule has 436 valence electrons. The van der Waals surface area contributed by atoms with Crippen LogP contribution in [-0.2, 0) is 19.2 Å². The largest absolute Gasteiger partial charge is 2.00 e. The number of carbonyl (C=O) groups is 4. The zero-order valence-electron chi connectivity index (χ0n) is 48.6. The monoisotopic (exact) mass is 1070 g/mol. The van der Waals surface area contributed by atoms with Gasteiger partial charge in [0, 0.05) is 31.4 Å². The Labute approximate surface area is 470 Å². The number of carbonyl (C=O) groups excluding carboxylic acids is 3. The van der Waals surface area contributed by atoms with Crippen molar-refractivity contribution in [3.8, 4) is 0 Å². The molecule has 0 aliphatic carbocycles. The molecule has 15 heteroatoms. The summed E-state index contributed by atoms with van der Waals surface area (Å²) in [5.74, 6) is -2.85. The number of hydrogen-bond acceptors (Lipinski definition) is 10. The first kappa shape index (κ1) is 80.7. The summed E-state index contributed by atoms with van der Waals surface area (Å²) in [5, 5.41) is 53.9. The molecule has 0 radical (unpaired) electrons. The molecule has 14 nitrogen and oxygen atoms in total. The molecule has 1 amide bonds. The molecule has 0 saturated carbocycles. The molecule has 0 rings (SSSR count). The second kappa shape index (κ2) is 68.8. The summed E-state index contributed by atoms with van der Waals surface area (Å²) in [6.07, 6.45) is 50.7. The van der Waals surface area contributed by atoms with Crippen LogP contribution in [0.3, 0.4) is 0 Å². The summed E-state index contributed by atoms with van der Waals surface area (Å²) < 4.78 is 0. The molecule has 0 aliphatic rings. The fourth-order valence-electron chi connectivity index (χ4n) is 8.55. The van der Waals surface area contributed by atoms with Crippen molar-refractivity contribution in [1.29, 1.82) is 0 Å². The van der Waals surface area contributed by atoms with E-state index in [0.717, 1.165) is 44.9 Å². The third-order valence-electron chi connectivity index (χ3n) is 13.1. The van der Waals surface area contributed by atoms with E-state index < -0.39 is 30.1 Å². The number of unbranched alkanes of at least 4 members (excludes halogenated alkanes) is 36. The van der Waals surface area contributed by atoms with E-state index in [0.29, 0.717) is 32.4 Å². The molecule has 74 heavy (non-hydrogen) atoms. The van der Waals surface area contributed by atoms with E-state index >= 15 is 0 Å². The van der Waals surface area contributed by atoms with Crippen LogP contribution >= 0.6 is 0 Å². The van der Waals surface area contributed by atoms with E-state index in [2.05, 4.69) is 25.8 Å². The molecule has 0 aromatic rings. The Morgan fingerprint density at radius 1 is 0.446 bits per heavy atom. The van der Waals surface area contributed by atoms with E-state index in [4.69, 9.17) is 26.8 Å². The minimum Gasteiger partial charge on any atom is -0.550 e. The average Bonchev–Trinajstić information content (AvgIpc) is 3.36. The van der Waals surface area contributed by atoms with Crippen LogP contribution in [-0.4, -0.2) is 117 Å². The van der Waals surface area contributed by atoms with Crippen LogP contribution < -0.4 is 21.7 Å². The molecule has 0 fully saturated rings.